The van der Waals surface area contributed by atoms with E-state index in [-0.39, 0.29) is 43.9 Å². The van der Waals surface area contributed by atoms with E-state index in [9.17, 15) is 24.6 Å². The predicted molar refractivity (Wildman–Crippen MR) is 125 cm³/mol. The Labute approximate surface area is 204 Å². The first-order valence-electron chi connectivity index (χ1n) is 9.62. The highest BCUT2D eigenvalue weighted by Gasteiger charge is 2.40. The molecule has 0 radical (unpaired) electrons. The maximum Gasteiger partial charge on any atom is 0.334 e. The molecule has 1 heterocycles. The van der Waals surface area contributed by atoms with Gasteiger partial charge in [-0.2, -0.15) is 0 Å². The Hall–Kier alpha value is -2.94. The van der Waals surface area contributed by atoms with Crippen LogP contribution in [-0.2, 0) is 19.1 Å². The van der Waals surface area contributed by atoms with Gasteiger partial charge in [-0.15, -0.1) is 11.8 Å². The monoisotopic (exact) mass is 507 g/mol. The standard InChI is InChI=1S/C23H19Cl2NO6S/c1-32-17(27)10-15-19(22(28)29)21(18-13(24)8-5-9-14(18)25)20(23(30)31)16(26-15)11-33-12-6-3-2-4-7-12/h2-9,21,26H,10-11H2,1H3,(H,28,29)(H,30,31). The molecule has 0 bridgehead atoms. The van der Waals surface area contributed by atoms with Crippen LogP contribution in [0.2, 0.25) is 10.0 Å². The molecule has 3 N–H and O–H groups in total. The van der Waals surface area contributed by atoms with Gasteiger partial charge in [0.05, 0.1) is 30.6 Å². The summed E-state index contributed by atoms with van der Waals surface area (Å²) in [5.74, 6) is -4.57. The second-order valence-corrected chi connectivity index (χ2v) is 8.81. The number of thioether (sulfide) groups is 1. The lowest BCUT2D eigenvalue weighted by Crippen LogP contribution is -2.34. The summed E-state index contributed by atoms with van der Waals surface area (Å²) in [4.78, 5) is 37.7. The van der Waals surface area contributed by atoms with Gasteiger partial charge in [0.2, 0.25) is 0 Å². The third-order valence-corrected chi connectivity index (χ3v) is 6.65. The summed E-state index contributed by atoms with van der Waals surface area (Å²) in [7, 11) is 1.18. The van der Waals surface area contributed by atoms with Crippen LogP contribution in [0.15, 0.2) is 76.0 Å². The van der Waals surface area contributed by atoms with Crippen molar-refractivity contribution in [2.45, 2.75) is 17.2 Å². The normalized spacial score (nSPS) is 15.8. The highest BCUT2D eigenvalue weighted by Crippen LogP contribution is 2.45. The number of aliphatic carboxylic acids is 2. The fourth-order valence-corrected chi connectivity index (χ4v) is 5.04. The summed E-state index contributed by atoms with van der Waals surface area (Å²) < 4.78 is 4.71. The lowest BCUT2D eigenvalue weighted by molar-refractivity contribution is -0.139. The fraction of sp³-hybridized carbons (Fsp3) is 0.174. The number of rotatable bonds is 8. The van der Waals surface area contributed by atoms with Crippen molar-refractivity contribution in [3.63, 3.8) is 0 Å². The number of ether oxygens (including phenoxy) is 1. The summed E-state index contributed by atoms with van der Waals surface area (Å²) in [6, 6.07) is 13.9. The van der Waals surface area contributed by atoms with Gasteiger partial charge in [0.25, 0.3) is 0 Å². The molecule has 0 amide bonds. The molecular formula is C23H19Cl2NO6S. The first-order chi connectivity index (χ1) is 15.7. The highest BCUT2D eigenvalue weighted by molar-refractivity contribution is 7.99. The number of halogens is 2. The van der Waals surface area contributed by atoms with Crippen LogP contribution in [0.25, 0.3) is 0 Å². The van der Waals surface area contributed by atoms with E-state index in [0.29, 0.717) is 0 Å². The molecule has 33 heavy (non-hydrogen) atoms. The second-order valence-electron chi connectivity index (χ2n) is 6.94. The molecule has 0 fully saturated rings. The van der Waals surface area contributed by atoms with Crippen LogP contribution in [0, 0.1) is 0 Å². The van der Waals surface area contributed by atoms with Crippen molar-refractivity contribution < 1.29 is 29.3 Å². The maximum absolute atomic E-state index is 12.4. The Morgan fingerprint density at radius 2 is 1.52 bits per heavy atom. The molecule has 10 heteroatoms. The molecule has 2 aromatic carbocycles. The van der Waals surface area contributed by atoms with E-state index in [1.54, 1.807) is 6.07 Å². The van der Waals surface area contributed by atoms with E-state index in [2.05, 4.69) is 5.32 Å². The molecular weight excluding hydrogens is 489 g/mol. The van der Waals surface area contributed by atoms with Crippen molar-refractivity contribution in [3.8, 4) is 0 Å². The predicted octanol–water partition coefficient (Wildman–Crippen LogP) is 4.71. The molecule has 3 rings (SSSR count). The van der Waals surface area contributed by atoms with E-state index in [4.69, 9.17) is 27.9 Å². The third kappa shape index (κ3) is 5.52. The van der Waals surface area contributed by atoms with Gasteiger partial charge < -0.3 is 20.3 Å². The minimum Gasteiger partial charge on any atom is -0.478 e. The maximum atomic E-state index is 12.4. The number of carboxylic acid groups (broad SMARTS) is 2. The Bertz CT molecular complexity index is 1140. The van der Waals surface area contributed by atoms with E-state index >= 15 is 0 Å². The van der Waals surface area contributed by atoms with Crippen molar-refractivity contribution in [3.05, 3.63) is 86.7 Å². The topological polar surface area (TPSA) is 113 Å². The SMILES string of the molecule is COC(=O)CC1=C(C(=O)O)C(c2c(Cl)cccc2Cl)C(C(=O)O)=C(CSc2ccccc2)N1. The van der Waals surface area contributed by atoms with Crippen LogP contribution in [0.4, 0.5) is 0 Å². The van der Waals surface area contributed by atoms with Crippen molar-refractivity contribution in [1.29, 1.82) is 0 Å². The largest absolute Gasteiger partial charge is 0.478 e. The summed E-state index contributed by atoms with van der Waals surface area (Å²) >= 11 is 14.1. The number of methoxy groups -OCH3 is 1. The Morgan fingerprint density at radius 1 is 0.939 bits per heavy atom. The summed E-state index contributed by atoms with van der Waals surface area (Å²) in [6.45, 7) is 0. The summed E-state index contributed by atoms with van der Waals surface area (Å²) in [6.07, 6.45) is -0.400. The van der Waals surface area contributed by atoms with Crippen LogP contribution in [0.3, 0.4) is 0 Å². The zero-order valence-electron chi connectivity index (χ0n) is 17.3. The molecule has 0 saturated heterocycles. The number of dihydropyridines is 1. The van der Waals surface area contributed by atoms with Crippen LogP contribution in [0.5, 0.6) is 0 Å². The molecule has 1 aliphatic heterocycles. The van der Waals surface area contributed by atoms with Gasteiger partial charge in [-0.05, 0) is 24.3 Å². The minimum absolute atomic E-state index is 0.0176. The molecule has 0 aromatic heterocycles. The summed E-state index contributed by atoms with van der Waals surface area (Å²) in [5, 5.41) is 23.3. The molecule has 1 atom stereocenters. The molecule has 7 nitrogen and oxygen atoms in total. The average Bonchev–Trinajstić information content (AvgIpc) is 2.77. The summed E-state index contributed by atoms with van der Waals surface area (Å²) in [5.41, 5.74) is -0.146. The Balaban J connectivity index is 2.22. The van der Waals surface area contributed by atoms with Gasteiger partial charge >= 0.3 is 17.9 Å². The number of nitrogens with one attached hydrogen (secondary N) is 1. The Morgan fingerprint density at radius 3 is 2.06 bits per heavy atom. The molecule has 2 aromatic rings. The number of carbonyl (C=O) groups is 3. The number of hydrogen-bond acceptors (Lipinski definition) is 6. The molecule has 0 saturated carbocycles. The molecule has 1 aliphatic rings. The van der Waals surface area contributed by atoms with E-state index < -0.39 is 30.2 Å². The lowest BCUT2D eigenvalue weighted by atomic mass is 9.79. The van der Waals surface area contributed by atoms with Crippen LogP contribution >= 0.6 is 35.0 Å². The van der Waals surface area contributed by atoms with Crippen LogP contribution in [-0.4, -0.2) is 41.0 Å². The van der Waals surface area contributed by atoms with Crippen LogP contribution in [0.1, 0.15) is 17.9 Å². The number of esters is 1. The van der Waals surface area contributed by atoms with Gasteiger partial charge in [-0.1, -0.05) is 47.5 Å². The molecule has 172 valence electrons. The second kappa shape index (κ2) is 10.8. The van der Waals surface area contributed by atoms with Gasteiger partial charge in [-0.25, -0.2) is 9.59 Å². The van der Waals surface area contributed by atoms with Crippen molar-refractivity contribution in [1.82, 2.24) is 5.32 Å². The number of carboxylic acids is 2. The van der Waals surface area contributed by atoms with Gasteiger partial charge in [0.15, 0.2) is 0 Å². The number of carbonyl (C=O) groups excluding carboxylic acids is 1. The first kappa shape index (κ1) is 24.7. The van der Waals surface area contributed by atoms with Gasteiger partial charge in [0.1, 0.15) is 0 Å². The van der Waals surface area contributed by atoms with E-state index in [1.165, 1.54) is 31.0 Å². The average molecular weight is 508 g/mol. The van der Waals surface area contributed by atoms with Gasteiger partial charge in [0, 0.05) is 37.7 Å². The Kier molecular flexibility index (Phi) is 8.07. The number of benzene rings is 2. The smallest absolute Gasteiger partial charge is 0.334 e. The molecule has 0 aliphatic carbocycles. The minimum atomic E-state index is -1.41. The highest BCUT2D eigenvalue weighted by atomic mass is 35.5. The number of hydrogen-bond donors (Lipinski definition) is 3. The fourth-order valence-electron chi connectivity index (χ4n) is 3.53. The third-order valence-electron chi connectivity index (χ3n) is 4.95. The zero-order valence-corrected chi connectivity index (χ0v) is 19.6. The van der Waals surface area contributed by atoms with E-state index in [1.807, 2.05) is 30.3 Å². The quantitative estimate of drug-likeness (QED) is 0.347. The van der Waals surface area contributed by atoms with Crippen LogP contribution < -0.4 is 5.32 Å². The van der Waals surface area contributed by atoms with Crippen molar-refractivity contribution in [2.24, 2.45) is 0 Å². The first-order valence-corrected chi connectivity index (χ1v) is 11.4. The van der Waals surface area contributed by atoms with Crippen molar-refractivity contribution >= 4 is 52.9 Å². The van der Waals surface area contributed by atoms with E-state index in [0.717, 1.165) is 4.90 Å². The molecule has 0 spiro atoms. The van der Waals surface area contributed by atoms with Crippen molar-refractivity contribution in [2.75, 3.05) is 12.9 Å². The lowest BCUT2D eigenvalue weighted by Gasteiger charge is -2.31. The van der Waals surface area contributed by atoms with Gasteiger partial charge in [-0.3, -0.25) is 4.79 Å². The zero-order chi connectivity index (χ0) is 24.1. The molecule has 1 unspecified atom stereocenters.